The van der Waals surface area contributed by atoms with E-state index in [4.69, 9.17) is 0 Å². The van der Waals surface area contributed by atoms with Crippen LogP contribution in [0.2, 0.25) is 0 Å². The van der Waals surface area contributed by atoms with Crippen molar-refractivity contribution in [2.24, 2.45) is 5.92 Å². The van der Waals surface area contributed by atoms with Crippen molar-refractivity contribution in [2.45, 2.75) is 58.3 Å². The van der Waals surface area contributed by atoms with E-state index in [1.807, 2.05) is 12.3 Å². The van der Waals surface area contributed by atoms with Crippen molar-refractivity contribution in [3.63, 3.8) is 0 Å². The molecule has 1 N–H and O–H groups in total. The Bertz CT molecular complexity index is 357. The quantitative estimate of drug-likeness (QED) is 0.855. The average Bonchev–Trinajstić information content (AvgIpc) is 2.45. The Kier molecular flexibility index (Phi) is 4.97. The maximum absolute atomic E-state index is 4.66. The van der Waals surface area contributed by atoms with Crippen molar-refractivity contribution in [1.82, 2.24) is 9.97 Å². The van der Waals surface area contributed by atoms with Crippen LogP contribution in [0.1, 0.15) is 64.1 Å². The molecular weight excluding hydrogens is 222 g/mol. The van der Waals surface area contributed by atoms with Crippen molar-refractivity contribution in [1.29, 1.82) is 0 Å². The van der Waals surface area contributed by atoms with Crippen LogP contribution in [-0.4, -0.2) is 16.5 Å². The molecule has 1 aliphatic carbocycles. The first-order valence-electron chi connectivity index (χ1n) is 7.40. The Morgan fingerprint density at radius 2 is 2.00 bits per heavy atom. The fourth-order valence-electron chi connectivity index (χ4n) is 2.75. The van der Waals surface area contributed by atoms with E-state index in [0.29, 0.717) is 5.92 Å². The summed E-state index contributed by atoms with van der Waals surface area (Å²) >= 11 is 0. The third kappa shape index (κ3) is 3.44. The molecule has 3 heteroatoms. The first-order chi connectivity index (χ1) is 8.83. The molecule has 0 unspecified atom stereocenters. The van der Waals surface area contributed by atoms with Crippen molar-refractivity contribution in [3.8, 4) is 0 Å². The van der Waals surface area contributed by atoms with Gasteiger partial charge >= 0.3 is 0 Å². The summed E-state index contributed by atoms with van der Waals surface area (Å²) in [5.74, 6) is 3.55. The maximum atomic E-state index is 4.66. The number of hydrogen-bond donors (Lipinski definition) is 1. The molecule has 0 spiro atoms. The maximum Gasteiger partial charge on any atom is 0.133 e. The van der Waals surface area contributed by atoms with Crippen LogP contribution in [0.5, 0.6) is 0 Å². The average molecular weight is 247 g/mol. The Morgan fingerprint density at radius 1 is 1.22 bits per heavy atom. The molecular formula is C15H25N3. The molecule has 0 atom stereocenters. The molecule has 0 aromatic carbocycles. The van der Waals surface area contributed by atoms with Crippen LogP contribution in [0, 0.1) is 5.92 Å². The van der Waals surface area contributed by atoms with Gasteiger partial charge in [-0.05, 0) is 44.1 Å². The lowest BCUT2D eigenvalue weighted by Gasteiger charge is -2.26. The van der Waals surface area contributed by atoms with E-state index < -0.39 is 0 Å². The zero-order valence-electron chi connectivity index (χ0n) is 11.7. The topological polar surface area (TPSA) is 37.8 Å². The van der Waals surface area contributed by atoms with Crippen molar-refractivity contribution >= 4 is 5.82 Å². The van der Waals surface area contributed by atoms with Gasteiger partial charge in [-0.15, -0.1) is 0 Å². The van der Waals surface area contributed by atoms with Gasteiger partial charge in [-0.2, -0.15) is 0 Å². The second-order valence-corrected chi connectivity index (χ2v) is 5.35. The third-order valence-electron chi connectivity index (χ3n) is 4.02. The minimum Gasteiger partial charge on any atom is -0.370 e. The van der Waals surface area contributed by atoms with Crippen molar-refractivity contribution < 1.29 is 0 Å². The Balaban J connectivity index is 1.96. The summed E-state index contributed by atoms with van der Waals surface area (Å²) in [6, 6.07) is 1.97. The molecule has 1 heterocycles. The highest BCUT2D eigenvalue weighted by molar-refractivity contribution is 5.33. The number of rotatable bonds is 5. The predicted molar refractivity (Wildman–Crippen MR) is 75.8 cm³/mol. The zero-order valence-corrected chi connectivity index (χ0v) is 11.7. The fourth-order valence-corrected chi connectivity index (χ4v) is 2.75. The first-order valence-corrected chi connectivity index (χ1v) is 7.40. The largest absolute Gasteiger partial charge is 0.370 e. The SMILES string of the molecule is CCCNc1ccnc(C2CCC(CC)CC2)n1. The van der Waals surface area contributed by atoms with Gasteiger partial charge < -0.3 is 5.32 Å². The fraction of sp³-hybridized carbons (Fsp3) is 0.733. The highest BCUT2D eigenvalue weighted by atomic mass is 15.0. The minimum atomic E-state index is 0.580. The van der Waals surface area contributed by atoms with Crippen LogP contribution in [0.15, 0.2) is 12.3 Å². The molecule has 0 radical (unpaired) electrons. The van der Waals surface area contributed by atoms with Crippen LogP contribution in [0.3, 0.4) is 0 Å². The van der Waals surface area contributed by atoms with E-state index in [9.17, 15) is 0 Å². The third-order valence-corrected chi connectivity index (χ3v) is 4.02. The lowest BCUT2D eigenvalue weighted by atomic mass is 9.80. The second-order valence-electron chi connectivity index (χ2n) is 5.35. The van der Waals surface area contributed by atoms with Crippen molar-refractivity contribution in [2.75, 3.05) is 11.9 Å². The molecule has 0 aliphatic heterocycles. The Hall–Kier alpha value is -1.12. The van der Waals surface area contributed by atoms with Gasteiger partial charge in [-0.3, -0.25) is 0 Å². The van der Waals surface area contributed by atoms with E-state index in [0.717, 1.165) is 30.5 Å². The number of nitrogens with one attached hydrogen (secondary N) is 1. The summed E-state index contributed by atoms with van der Waals surface area (Å²) in [5, 5.41) is 3.34. The lowest BCUT2D eigenvalue weighted by Crippen LogP contribution is -2.15. The molecule has 1 aromatic rings. The van der Waals surface area contributed by atoms with Gasteiger partial charge in [-0.1, -0.05) is 20.3 Å². The van der Waals surface area contributed by atoms with Gasteiger partial charge in [0.2, 0.25) is 0 Å². The number of anilines is 1. The van der Waals surface area contributed by atoms with E-state index in [1.54, 1.807) is 0 Å². The second kappa shape index (κ2) is 6.72. The van der Waals surface area contributed by atoms with Gasteiger partial charge in [-0.25, -0.2) is 9.97 Å². The predicted octanol–water partition coefficient (Wildman–Crippen LogP) is 3.98. The van der Waals surface area contributed by atoms with E-state index in [2.05, 4.69) is 29.1 Å². The van der Waals surface area contributed by atoms with Gasteiger partial charge in [0.05, 0.1) is 0 Å². The van der Waals surface area contributed by atoms with Crippen LogP contribution < -0.4 is 5.32 Å². The monoisotopic (exact) mass is 247 g/mol. The molecule has 0 saturated heterocycles. The normalized spacial score (nSPS) is 23.9. The molecule has 100 valence electrons. The zero-order chi connectivity index (χ0) is 12.8. The van der Waals surface area contributed by atoms with Crippen LogP contribution >= 0.6 is 0 Å². The molecule has 0 amide bonds. The summed E-state index contributed by atoms with van der Waals surface area (Å²) in [5.41, 5.74) is 0. The van der Waals surface area contributed by atoms with E-state index in [-0.39, 0.29) is 0 Å². The Labute approximate surface area is 110 Å². The van der Waals surface area contributed by atoms with Gasteiger partial charge in [0.15, 0.2) is 0 Å². The standard InChI is InChI=1S/C15H25N3/c1-3-10-16-14-9-11-17-15(18-14)13-7-5-12(4-2)6-8-13/h9,11-13H,3-8,10H2,1-2H3,(H,16,17,18). The summed E-state index contributed by atoms with van der Waals surface area (Å²) in [7, 11) is 0. The summed E-state index contributed by atoms with van der Waals surface area (Å²) < 4.78 is 0. The number of nitrogens with zero attached hydrogens (tertiary/aromatic N) is 2. The number of hydrogen-bond acceptors (Lipinski definition) is 3. The molecule has 1 aliphatic rings. The molecule has 2 rings (SSSR count). The smallest absolute Gasteiger partial charge is 0.133 e. The van der Waals surface area contributed by atoms with Crippen LogP contribution in [-0.2, 0) is 0 Å². The highest BCUT2D eigenvalue weighted by Gasteiger charge is 2.23. The van der Waals surface area contributed by atoms with Gasteiger partial charge in [0, 0.05) is 18.7 Å². The van der Waals surface area contributed by atoms with Crippen LogP contribution in [0.25, 0.3) is 0 Å². The summed E-state index contributed by atoms with van der Waals surface area (Å²) in [6.07, 6.45) is 9.55. The molecule has 18 heavy (non-hydrogen) atoms. The molecule has 0 bridgehead atoms. The van der Waals surface area contributed by atoms with Gasteiger partial charge in [0.1, 0.15) is 11.6 Å². The first kappa shape index (κ1) is 13.3. The summed E-state index contributed by atoms with van der Waals surface area (Å²) in [4.78, 5) is 9.13. The molecule has 1 aromatic heterocycles. The molecule has 1 saturated carbocycles. The van der Waals surface area contributed by atoms with Crippen molar-refractivity contribution in [3.05, 3.63) is 18.1 Å². The molecule has 3 nitrogen and oxygen atoms in total. The summed E-state index contributed by atoms with van der Waals surface area (Å²) in [6.45, 7) is 5.46. The number of aromatic nitrogens is 2. The Morgan fingerprint density at radius 3 is 2.67 bits per heavy atom. The lowest BCUT2D eigenvalue weighted by molar-refractivity contribution is 0.312. The molecule has 1 fully saturated rings. The van der Waals surface area contributed by atoms with E-state index >= 15 is 0 Å². The highest BCUT2D eigenvalue weighted by Crippen LogP contribution is 2.35. The van der Waals surface area contributed by atoms with E-state index in [1.165, 1.54) is 32.1 Å². The van der Waals surface area contributed by atoms with Crippen LogP contribution in [0.4, 0.5) is 5.82 Å². The van der Waals surface area contributed by atoms with Gasteiger partial charge in [0.25, 0.3) is 0 Å². The minimum absolute atomic E-state index is 0.580.